The molecule has 1 aliphatic heterocycles. The highest BCUT2D eigenvalue weighted by molar-refractivity contribution is 5.94. The van der Waals surface area contributed by atoms with Crippen LogP contribution in [0.1, 0.15) is 42.4 Å². The molecule has 9 heteroatoms. The summed E-state index contributed by atoms with van der Waals surface area (Å²) < 4.78 is 1.82. The summed E-state index contributed by atoms with van der Waals surface area (Å²) in [6.45, 7) is 6.45. The zero-order valence-corrected chi connectivity index (χ0v) is 16.6. The molecule has 9 nitrogen and oxygen atoms in total. The zero-order chi connectivity index (χ0) is 21.1. The van der Waals surface area contributed by atoms with E-state index in [-0.39, 0.29) is 11.9 Å². The van der Waals surface area contributed by atoms with Crippen LogP contribution in [0.2, 0.25) is 0 Å². The van der Waals surface area contributed by atoms with Crippen LogP contribution in [0.25, 0.3) is 11.0 Å². The molecule has 4 rings (SSSR count). The Balaban J connectivity index is 1.37. The van der Waals surface area contributed by atoms with Crippen molar-refractivity contribution in [3.05, 3.63) is 60.0 Å². The highest BCUT2D eigenvalue weighted by Crippen LogP contribution is 2.28. The predicted octanol–water partition coefficient (Wildman–Crippen LogP) is 2.70. The van der Waals surface area contributed by atoms with Gasteiger partial charge in [-0.2, -0.15) is 15.5 Å². The normalized spacial score (nSPS) is 15.5. The summed E-state index contributed by atoms with van der Waals surface area (Å²) in [6.07, 6.45) is 8.54. The minimum Gasteiger partial charge on any atom is -0.268 e. The number of amides is 1. The maximum Gasteiger partial charge on any atom is 0.269 e. The van der Waals surface area contributed by atoms with E-state index < -0.39 is 0 Å². The lowest BCUT2D eigenvalue weighted by molar-refractivity contribution is -0.129. The molecule has 1 atom stereocenters. The number of rotatable bonds is 6. The Morgan fingerprint density at radius 1 is 1.30 bits per heavy atom. The first kappa shape index (κ1) is 19.4. The van der Waals surface area contributed by atoms with E-state index in [9.17, 15) is 4.79 Å². The molecule has 0 N–H and O–H groups in total. The number of nitrogens with zero attached hydrogens (tertiary/aromatic N) is 8. The SMILES string of the molecule is C=C(CCCn1ncc2nc(C#N)ccc21)C(=O)N1N=CCC1c1cnc(C)cn1. The van der Waals surface area contributed by atoms with Crippen LogP contribution in [0.5, 0.6) is 0 Å². The molecule has 0 fully saturated rings. The van der Waals surface area contributed by atoms with Crippen LogP contribution in [0, 0.1) is 18.3 Å². The van der Waals surface area contributed by atoms with E-state index in [1.807, 2.05) is 23.7 Å². The van der Waals surface area contributed by atoms with Crippen LogP contribution < -0.4 is 0 Å². The Bertz CT molecular complexity index is 1170. The van der Waals surface area contributed by atoms with Crippen molar-refractivity contribution in [3.8, 4) is 6.07 Å². The third-order valence-electron chi connectivity index (χ3n) is 4.95. The number of carbonyl (C=O) groups excluding carboxylic acids is 1. The van der Waals surface area contributed by atoms with Gasteiger partial charge in [0.25, 0.3) is 5.91 Å². The third-order valence-corrected chi connectivity index (χ3v) is 4.95. The summed E-state index contributed by atoms with van der Waals surface area (Å²) in [6, 6.07) is 5.27. The van der Waals surface area contributed by atoms with Crippen LogP contribution in [-0.4, -0.2) is 41.9 Å². The minimum absolute atomic E-state index is 0.207. The fourth-order valence-electron chi connectivity index (χ4n) is 3.35. The van der Waals surface area contributed by atoms with Gasteiger partial charge in [-0.1, -0.05) is 6.58 Å². The summed E-state index contributed by atoms with van der Waals surface area (Å²) in [5, 5.41) is 19.0. The molecule has 150 valence electrons. The minimum atomic E-state index is -0.252. The van der Waals surface area contributed by atoms with E-state index in [0.29, 0.717) is 48.3 Å². The molecular weight excluding hydrogens is 380 g/mol. The number of carbonyl (C=O) groups is 1. The third kappa shape index (κ3) is 3.80. The van der Waals surface area contributed by atoms with Gasteiger partial charge in [0.2, 0.25) is 0 Å². The summed E-state index contributed by atoms with van der Waals surface area (Å²) in [7, 11) is 0. The molecular formula is C21H20N8O. The van der Waals surface area contributed by atoms with Crippen molar-refractivity contribution in [1.29, 1.82) is 5.26 Å². The number of aryl methyl sites for hydroxylation is 2. The first-order valence-corrected chi connectivity index (χ1v) is 9.62. The van der Waals surface area contributed by atoms with Crippen molar-refractivity contribution < 1.29 is 4.79 Å². The summed E-state index contributed by atoms with van der Waals surface area (Å²) >= 11 is 0. The highest BCUT2D eigenvalue weighted by Gasteiger charge is 2.30. The van der Waals surface area contributed by atoms with E-state index in [2.05, 4.69) is 31.7 Å². The van der Waals surface area contributed by atoms with Crippen molar-refractivity contribution in [3.63, 3.8) is 0 Å². The fraction of sp³-hybridized carbons (Fsp3) is 0.286. The smallest absolute Gasteiger partial charge is 0.268 e. The number of hydrogen-bond donors (Lipinski definition) is 0. The van der Waals surface area contributed by atoms with Gasteiger partial charge >= 0.3 is 0 Å². The van der Waals surface area contributed by atoms with Gasteiger partial charge in [-0.05, 0) is 31.9 Å². The first-order chi connectivity index (χ1) is 14.6. The van der Waals surface area contributed by atoms with E-state index in [1.165, 1.54) is 5.01 Å². The molecule has 30 heavy (non-hydrogen) atoms. The Hall–Kier alpha value is -3.93. The number of aromatic nitrogens is 5. The number of hydrogen-bond acceptors (Lipinski definition) is 7. The van der Waals surface area contributed by atoms with Crippen molar-refractivity contribution in [2.45, 2.75) is 38.8 Å². The lowest BCUT2D eigenvalue weighted by atomic mass is 10.1. The van der Waals surface area contributed by atoms with Crippen LogP contribution in [0.3, 0.4) is 0 Å². The van der Waals surface area contributed by atoms with Crippen LogP contribution >= 0.6 is 0 Å². The molecule has 3 aromatic heterocycles. The van der Waals surface area contributed by atoms with Crippen molar-refractivity contribution in [1.82, 2.24) is 29.7 Å². The van der Waals surface area contributed by atoms with Crippen LogP contribution in [0.4, 0.5) is 0 Å². The molecule has 1 unspecified atom stereocenters. The van der Waals surface area contributed by atoms with Gasteiger partial charge in [-0.25, -0.2) is 9.99 Å². The second-order valence-corrected chi connectivity index (χ2v) is 7.07. The Morgan fingerprint density at radius 2 is 2.17 bits per heavy atom. The average Bonchev–Trinajstić information content (AvgIpc) is 3.40. The van der Waals surface area contributed by atoms with E-state index in [0.717, 1.165) is 11.2 Å². The quantitative estimate of drug-likeness (QED) is 0.588. The molecule has 1 amide bonds. The Kier molecular flexibility index (Phi) is 5.30. The van der Waals surface area contributed by atoms with Gasteiger partial charge in [0.15, 0.2) is 0 Å². The van der Waals surface area contributed by atoms with E-state index >= 15 is 0 Å². The molecule has 0 radical (unpaired) electrons. The van der Waals surface area contributed by atoms with Crippen molar-refractivity contribution >= 4 is 23.2 Å². The predicted molar refractivity (Wildman–Crippen MR) is 110 cm³/mol. The topological polar surface area (TPSA) is 113 Å². The molecule has 0 bridgehead atoms. The van der Waals surface area contributed by atoms with Crippen molar-refractivity contribution in [2.75, 3.05) is 0 Å². The van der Waals surface area contributed by atoms with Gasteiger partial charge < -0.3 is 0 Å². The molecule has 0 saturated carbocycles. The zero-order valence-electron chi connectivity index (χ0n) is 16.6. The second kappa shape index (κ2) is 8.21. The van der Waals surface area contributed by atoms with Gasteiger partial charge in [-0.3, -0.25) is 19.4 Å². The van der Waals surface area contributed by atoms with Gasteiger partial charge in [0.05, 0.1) is 29.3 Å². The van der Waals surface area contributed by atoms with Gasteiger partial charge in [0, 0.05) is 31.0 Å². The number of pyridine rings is 1. The Morgan fingerprint density at radius 3 is 2.93 bits per heavy atom. The molecule has 1 aliphatic rings. The monoisotopic (exact) mass is 400 g/mol. The van der Waals surface area contributed by atoms with E-state index in [1.54, 1.807) is 30.9 Å². The fourth-order valence-corrected chi connectivity index (χ4v) is 3.35. The van der Waals surface area contributed by atoms with Gasteiger partial charge in [-0.15, -0.1) is 0 Å². The van der Waals surface area contributed by atoms with Crippen LogP contribution in [0.15, 0.2) is 48.0 Å². The number of hydrazone groups is 1. The molecule has 0 aliphatic carbocycles. The maximum absolute atomic E-state index is 12.9. The standard InChI is InChI=1S/C21H20N8O/c1-14(4-3-9-28-19-6-5-16(10-22)27-18(19)13-26-28)21(30)29-20(7-8-25-29)17-12-23-15(2)11-24-17/h5-6,8,11-13,20H,1,3-4,7,9H2,2H3. The van der Waals surface area contributed by atoms with E-state index in [4.69, 9.17) is 5.26 Å². The molecule has 0 aromatic carbocycles. The molecule has 3 aromatic rings. The van der Waals surface area contributed by atoms with Crippen molar-refractivity contribution in [2.24, 2.45) is 5.10 Å². The molecule has 4 heterocycles. The summed E-state index contributed by atoms with van der Waals surface area (Å²) in [5.41, 5.74) is 3.92. The lowest BCUT2D eigenvalue weighted by Crippen LogP contribution is -2.29. The molecule has 0 saturated heterocycles. The summed E-state index contributed by atoms with van der Waals surface area (Å²) in [4.78, 5) is 25.8. The maximum atomic E-state index is 12.9. The summed E-state index contributed by atoms with van der Waals surface area (Å²) in [5.74, 6) is -0.207. The first-order valence-electron chi connectivity index (χ1n) is 9.62. The molecule has 0 spiro atoms. The number of nitriles is 1. The highest BCUT2D eigenvalue weighted by atomic mass is 16.2. The average molecular weight is 400 g/mol. The second-order valence-electron chi connectivity index (χ2n) is 7.07. The Labute approximate surface area is 173 Å². The largest absolute Gasteiger partial charge is 0.269 e. The van der Waals surface area contributed by atoms with Crippen LogP contribution in [-0.2, 0) is 11.3 Å². The number of fused-ring (bicyclic) bond motifs is 1. The van der Waals surface area contributed by atoms with Gasteiger partial charge in [0.1, 0.15) is 23.3 Å². The lowest BCUT2D eigenvalue weighted by Gasteiger charge is -2.22.